The van der Waals surface area contributed by atoms with Crippen LogP contribution in [0.5, 0.6) is 0 Å². The van der Waals surface area contributed by atoms with Crippen LogP contribution in [0.2, 0.25) is 0 Å². The molecule has 0 spiro atoms. The summed E-state index contributed by atoms with van der Waals surface area (Å²) in [5.74, 6) is -4.73. The highest BCUT2D eigenvalue weighted by molar-refractivity contribution is 5.88. The van der Waals surface area contributed by atoms with E-state index in [2.05, 4.69) is 4.74 Å². The van der Waals surface area contributed by atoms with Crippen molar-refractivity contribution in [3.63, 3.8) is 0 Å². The van der Waals surface area contributed by atoms with Gasteiger partial charge in [-0.25, -0.2) is 0 Å². The smallest absolute Gasteiger partial charge is 0.321 e. The van der Waals surface area contributed by atoms with Crippen molar-refractivity contribution >= 4 is 23.9 Å². The van der Waals surface area contributed by atoms with Gasteiger partial charge >= 0.3 is 23.9 Å². The van der Waals surface area contributed by atoms with Crippen LogP contribution in [0.25, 0.3) is 0 Å². The van der Waals surface area contributed by atoms with Gasteiger partial charge in [-0.3, -0.25) is 19.2 Å². The molecule has 6 N–H and O–H groups in total. The lowest BCUT2D eigenvalue weighted by Crippen LogP contribution is -2.34. The first-order chi connectivity index (χ1) is 8.23. The van der Waals surface area contributed by atoms with E-state index in [1.807, 2.05) is 0 Å². The lowest BCUT2D eigenvalue weighted by atomic mass is 10.2. The molecule has 0 fully saturated rings. The van der Waals surface area contributed by atoms with E-state index < -0.39 is 42.4 Å². The summed E-state index contributed by atoms with van der Waals surface area (Å²) >= 11 is 0. The third-order valence-electron chi connectivity index (χ3n) is 1.91. The zero-order chi connectivity index (χ0) is 14.3. The van der Waals surface area contributed by atoms with Crippen LogP contribution >= 0.6 is 0 Å². The summed E-state index contributed by atoms with van der Waals surface area (Å²) in [6.45, 7) is 0. The Hall–Kier alpha value is -2.00. The maximum Gasteiger partial charge on any atom is 0.321 e. The molecule has 0 saturated carbocycles. The van der Waals surface area contributed by atoms with E-state index in [1.54, 1.807) is 0 Å². The van der Waals surface area contributed by atoms with Gasteiger partial charge < -0.3 is 26.4 Å². The molecule has 0 aromatic heterocycles. The maximum absolute atomic E-state index is 11.1. The van der Waals surface area contributed by atoms with Crippen LogP contribution < -0.4 is 11.5 Å². The average Bonchev–Trinajstić information content (AvgIpc) is 2.24. The van der Waals surface area contributed by atoms with Gasteiger partial charge in [-0.1, -0.05) is 0 Å². The number of carbonyl (C=O) groups excluding carboxylic acids is 2. The normalized spacial score (nSPS) is 13.4. The van der Waals surface area contributed by atoms with E-state index in [0.717, 1.165) is 0 Å². The number of aliphatic carboxylic acids is 2. The second kappa shape index (κ2) is 7.35. The van der Waals surface area contributed by atoms with E-state index in [9.17, 15) is 19.2 Å². The molecule has 0 unspecified atom stereocenters. The highest BCUT2D eigenvalue weighted by atomic mass is 16.6. The predicted molar refractivity (Wildman–Crippen MR) is 56.2 cm³/mol. The van der Waals surface area contributed by atoms with Crippen LogP contribution in [0, 0.1) is 0 Å². The Labute approximate surface area is 102 Å². The largest absolute Gasteiger partial charge is 0.480 e. The second-order valence-corrected chi connectivity index (χ2v) is 3.48. The Morgan fingerprint density at radius 2 is 1.44 bits per heavy atom. The van der Waals surface area contributed by atoms with Crippen molar-refractivity contribution in [2.24, 2.45) is 11.5 Å². The van der Waals surface area contributed by atoms with Gasteiger partial charge in [0, 0.05) is 6.42 Å². The molecule has 0 amide bonds. The van der Waals surface area contributed by atoms with Crippen molar-refractivity contribution in [1.82, 2.24) is 0 Å². The van der Waals surface area contributed by atoms with Gasteiger partial charge in [0.25, 0.3) is 0 Å². The molecule has 0 rings (SSSR count). The zero-order valence-corrected chi connectivity index (χ0v) is 9.37. The molecule has 0 bridgehead atoms. The first-order valence-electron chi connectivity index (χ1n) is 4.94. The van der Waals surface area contributed by atoms with Gasteiger partial charge in [0.1, 0.15) is 12.1 Å². The van der Waals surface area contributed by atoms with Crippen molar-refractivity contribution in [3.05, 3.63) is 0 Å². The molecule has 0 aliphatic heterocycles. The van der Waals surface area contributed by atoms with Gasteiger partial charge in [-0.05, 0) is 6.42 Å². The predicted octanol–water partition coefficient (Wildman–Crippen LogP) is -1.95. The minimum Gasteiger partial charge on any atom is -0.480 e. The third kappa shape index (κ3) is 6.55. The Kier molecular flexibility index (Phi) is 6.53. The molecule has 0 aliphatic rings. The van der Waals surface area contributed by atoms with E-state index in [4.69, 9.17) is 21.7 Å². The number of hydrogen-bond donors (Lipinski definition) is 4. The van der Waals surface area contributed by atoms with Crippen molar-refractivity contribution in [2.75, 3.05) is 0 Å². The average molecular weight is 262 g/mol. The van der Waals surface area contributed by atoms with Crippen molar-refractivity contribution in [1.29, 1.82) is 0 Å². The van der Waals surface area contributed by atoms with Crippen molar-refractivity contribution < 1.29 is 34.1 Å². The first-order valence-corrected chi connectivity index (χ1v) is 4.94. The number of carboxylic acid groups (broad SMARTS) is 2. The highest BCUT2D eigenvalue weighted by Crippen LogP contribution is 2.00. The van der Waals surface area contributed by atoms with Crippen LogP contribution in [0.1, 0.15) is 19.3 Å². The molecule has 102 valence electrons. The standard InChI is InChI=1S/C9H14N2O7/c10-4(8(14)15)1-2-6(12)18-7(13)3-5(11)9(16)17/h4-5H,1-3,10-11H2,(H,14,15)(H,16,17)/t4-,5-/m0/s1. The van der Waals surface area contributed by atoms with Gasteiger partial charge in [-0.2, -0.15) is 0 Å². The lowest BCUT2D eigenvalue weighted by Gasteiger charge is -2.07. The van der Waals surface area contributed by atoms with E-state index in [1.165, 1.54) is 0 Å². The number of rotatable bonds is 7. The summed E-state index contributed by atoms with van der Waals surface area (Å²) in [6, 6.07) is -2.68. The molecule has 0 saturated heterocycles. The zero-order valence-electron chi connectivity index (χ0n) is 9.37. The summed E-state index contributed by atoms with van der Waals surface area (Å²) in [7, 11) is 0. The molecule has 9 heteroatoms. The molecule has 18 heavy (non-hydrogen) atoms. The number of carbonyl (C=O) groups is 4. The summed E-state index contributed by atoms with van der Waals surface area (Å²) in [5.41, 5.74) is 10.2. The number of ether oxygens (including phenoxy) is 1. The molecular weight excluding hydrogens is 248 g/mol. The van der Waals surface area contributed by atoms with Gasteiger partial charge in [-0.15, -0.1) is 0 Å². The molecule has 0 aromatic rings. The molecule has 2 atom stereocenters. The molecule has 0 aliphatic carbocycles. The van der Waals surface area contributed by atoms with Crippen LogP contribution in [0.15, 0.2) is 0 Å². The summed E-state index contributed by atoms with van der Waals surface area (Å²) in [4.78, 5) is 42.7. The van der Waals surface area contributed by atoms with Gasteiger partial charge in [0.2, 0.25) is 0 Å². The quantitative estimate of drug-likeness (QED) is 0.300. The van der Waals surface area contributed by atoms with Crippen LogP contribution in [0.4, 0.5) is 0 Å². The van der Waals surface area contributed by atoms with E-state index in [-0.39, 0.29) is 12.8 Å². The molecule has 9 nitrogen and oxygen atoms in total. The van der Waals surface area contributed by atoms with Gasteiger partial charge in [0.15, 0.2) is 0 Å². The molecule has 0 radical (unpaired) electrons. The van der Waals surface area contributed by atoms with Crippen LogP contribution in [0.3, 0.4) is 0 Å². The van der Waals surface area contributed by atoms with Crippen LogP contribution in [-0.2, 0) is 23.9 Å². The fourth-order valence-electron chi connectivity index (χ4n) is 0.883. The lowest BCUT2D eigenvalue weighted by molar-refractivity contribution is -0.161. The summed E-state index contributed by atoms with van der Waals surface area (Å²) in [6.07, 6.45) is -1.19. The van der Waals surface area contributed by atoms with E-state index >= 15 is 0 Å². The van der Waals surface area contributed by atoms with Crippen LogP contribution in [-0.4, -0.2) is 46.2 Å². The minimum absolute atomic E-state index is 0.188. The minimum atomic E-state index is -1.45. The Morgan fingerprint density at radius 1 is 0.944 bits per heavy atom. The topological polar surface area (TPSA) is 170 Å². The maximum atomic E-state index is 11.1. The Bertz CT molecular complexity index is 355. The Morgan fingerprint density at radius 3 is 1.89 bits per heavy atom. The number of nitrogens with two attached hydrogens (primary N) is 2. The summed E-state index contributed by atoms with van der Waals surface area (Å²) in [5, 5.41) is 16.8. The number of hydrogen-bond acceptors (Lipinski definition) is 7. The molecule has 0 heterocycles. The third-order valence-corrected chi connectivity index (χ3v) is 1.91. The van der Waals surface area contributed by atoms with Crippen molar-refractivity contribution in [3.8, 4) is 0 Å². The summed E-state index contributed by atoms with van der Waals surface area (Å²) < 4.78 is 4.23. The van der Waals surface area contributed by atoms with Crippen molar-refractivity contribution in [2.45, 2.75) is 31.3 Å². The SMILES string of the molecule is N[C@@H](CCC(=O)OC(=O)C[C@H](N)C(=O)O)C(=O)O. The number of carboxylic acids is 2. The Balaban J connectivity index is 3.98. The molecular formula is C9H14N2O7. The van der Waals surface area contributed by atoms with E-state index in [0.29, 0.717) is 0 Å². The second-order valence-electron chi connectivity index (χ2n) is 3.48. The first kappa shape index (κ1) is 16.0. The number of esters is 2. The van der Waals surface area contributed by atoms with Gasteiger partial charge in [0.05, 0.1) is 6.42 Å². The monoisotopic (exact) mass is 262 g/mol. The molecule has 0 aromatic carbocycles. The fourth-order valence-corrected chi connectivity index (χ4v) is 0.883. The fraction of sp³-hybridized carbons (Fsp3) is 0.556. The highest BCUT2D eigenvalue weighted by Gasteiger charge is 2.20.